The fourth-order valence-electron chi connectivity index (χ4n) is 14.0. The first-order chi connectivity index (χ1) is 50.8. The molecule has 36 heteroatoms. The molecule has 11 aromatic rings. The standard InChI is InChI=1S/C23H30N8O3S.2C23H27N7O3S2.2CH4/c1-14-17(13-29-3-5-31(6-4-29)22(33)15(2)32)35-19-18(14)27-20(16-11-25-23(24)26-12-16)28-21(19)30-7-9-34-10-8-30;1-35(31,32)30-7-5-28(6-8-30)15-16-13-20-21(34-16)23(29-9-11-33-12-10-29)26-22(25-20)17-3-2-4-19-18(17)14-24-27-19;1-35(31,32)30-7-5-28(6-8-30)15-16-13-18-22(29-9-11-33-12-10-29)25-21(26-23(18)34-16)17-3-2-4-20-19(17)14-24-27-20;;/h11-12,15,32H,3-10,13H2,1-2H3,(H2,24,25,26);2*2-4,13-14H,5-12,15H2,1H3,(H,24,27);2*1H4/t15-;;;;/m0..../s1. The summed E-state index contributed by atoms with van der Waals surface area (Å²) in [6.45, 7) is 22.5. The van der Waals surface area contributed by atoms with Crippen LogP contribution in [-0.4, -0.2) is 292 Å². The Kier molecular flexibility index (Phi) is 24.0. The molecular weight excluding hydrogens is 1470 g/mol. The van der Waals surface area contributed by atoms with E-state index in [0.717, 1.165) is 190 Å². The number of aliphatic hydroxyl groups is 1. The number of nitrogens with two attached hydrogens (primary N) is 1. The fraction of sp³-hybridized carbons (Fsp3) is 0.479. The Morgan fingerprint density at radius 1 is 0.542 bits per heavy atom. The molecule has 0 aliphatic carbocycles. The molecule has 2 aromatic carbocycles. The van der Waals surface area contributed by atoms with Crippen molar-refractivity contribution in [1.29, 1.82) is 0 Å². The molecule has 107 heavy (non-hydrogen) atoms. The summed E-state index contributed by atoms with van der Waals surface area (Å²) in [6.07, 6.45) is 8.56. The van der Waals surface area contributed by atoms with Crippen LogP contribution in [0.5, 0.6) is 0 Å². The summed E-state index contributed by atoms with van der Waals surface area (Å²) in [5.74, 6) is 4.79. The van der Waals surface area contributed by atoms with Crippen molar-refractivity contribution >= 4 is 136 Å². The minimum Gasteiger partial charge on any atom is -0.384 e. The summed E-state index contributed by atoms with van der Waals surface area (Å²) in [5.41, 5.74) is 13.2. The van der Waals surface area contributed by atoms with E-state index >= 15 is 0 Å². The van der Waals surface area contributed by atoms with Crippen molar-refractivity contribution in [3.05, 3.63) is 93.5 Å². The van der Waals surface area contributed by atoms with Crippen molar-refractivity contribution in [2.45, 2.75) is 54.4 Å². The zero-order chi connectivity index (χ0) is 72.5. The topological polar surface area (TPSA) is 349 Å². The zero-order valence-electron chi connectivity index (χ0n) is 58.9. The van der Waals surface area contributed by atoms with Crippen LogP contribution < -0.4 is 20.4 Å². The van der Waals surface area contributed by atoms with Crippen LogP contribution in [0.25, 0.3) is 86.6 Å². The van der Waals surface area contributed by atoms with Crippen molar-refractivity contribution in [1.82, 2.24) is 88.5 Å². The van der Waals surface area contributed by atoms with Gasteiger partial charge in [-0.25, -0.2) is 56.7 Å². The molecule has 570 valence electrons. The highest BCUT2D eigenvalue weighted by Crippen LogP contribution is 2.41. The maximum Gasteiger partial charge on any atom is 0.251 e. The number of sulfonamides is 2. The van der Waals surface area contributed by atoms with Gasteiger partial charge in [-0.2, -0.15) is 18.8 Å². The van der Waals surface area contributed by atoms with E-state index in [0.29, 0.717) is 96.4 Å². The number of morpholine rings is 3. The summed E-state index contributed by atoms with van der Waals surface area (Å²) in [5, 5.41) is 27.1. The maximum absolute atomic E-state index is 12.1. The molecule has 1 amide bonds. The van der Waals surface area contributed by atoms with Crippen molar-refractivity contribution in [3.8, 4) is 34.2 Å². The molecule has 0 saturated carbocycles. The second-order valence-electron chi connectivity index (χ2n) is 26.9. The predicted molar refractivity (Wildman–Crippen MR) is 422 cm³/mol. The van der Waals surface area contributed by atoms with Gasteiger partial charge in [0.05, 0.1) is 107 Å². The van der Waals surface area contributed by atoms with Crippen LogP contribution in [0.4, 0.5) is 23.4 Å². The monoisotopic (exact) mass is 1560 g/mol. The van der Waals surface area contributed by atoms with Crippen LogP contribution in [0.3, 0.4) is 0 Å². The molecule has 1 atom stereocenters. The van der Waals surface area contributed by atoms with E-state index in [1.807, 2.05) is 48.8 Å². The van der Waals surface area contributed by atoms with Gasteiger partial charge in [0.25, 0.3) is 5.91 Å². The summed E-state index contributed by atoms with van der Waals surface area (Å²) in [7, 11) is -6.27. The number of aliphatic hydroxyl groups excluding tert-OH is 1. The first-order valence-electron chi connectivity index (χ1n) is 35.2. The van der Waals surface area contributed by atoms with E-state index in [9.17, 15) is 26.7 Å². The maximum atomic E-state index is 12.1. The van der Waals surface area contributed by atoms with Gasteiger partial charge in [0.1, 0.15) is 16.8 Å². The number of thiophene rings is 3. The molecule has 6 fully saturated rings. The highest BCUT2D eigenvalue weighted by Gasteiger charge is 2.31. The van der Waals surface area contributed by atoms with Crippen LogP contribution >= 0.6 is 34.0 Å². The number of carbonyl (C=O) groups is 1. The molecule has 0 radical (unpaired) electrons. The van der Waals surface area contributed by atoms with Gasteiger partial charge in [-0.3, -0.25) is 29.7 Å². The van der Waals surface area contributed by atoms with Crippen LogP contribution in [0.2, 0.25) is 0 Å². The summed E-state index contributed by atoms with van der Waals surface area (Å²) in [4.78, 5) is 70.4. The number of carbonyl (C=O) groups excluding carboxylic acids is 1. The second kappa shape index (κ2) is 33.3. The Labute approximate surface area is 633 Å². The van der Waals surface area contributed by atoms with Gasteiger partial charge in [0.2, 0.25) is 26.0 Å². The Morgan fingerprint density at radius 3 is 1.53 bits per heavy atom. The Balaban J connectivity index is 0.000000140. The number of aromatic nitrogens is 12. The molecule has 0 spiro atoms. The molecule has 0 unspecified atom stereocenters. The summed E-state index contributed by atoms with van der Waals surface area (Å²) >= 11 is 5.15. The third-order valence-electron chi connectivity index (χ3n) is 19.8. The molecule has 6 aliphatic rings. The highest BCUT2D eigenvalue weighted by molar-refractivity contribution is 7.88. The van der Waals surface area contributed by atoms with Crippen LogP contribution in [0.1, 0.15) is 42.0 Å². The molecule has 0 bridgehead atoms. The number of nitrogens with zero attached hydrogens (tertiary/aromatic N) is 19. The summed E-state index contributed by atoms with van der Waals surface area (Å²) in [6, 6.07) is 16.4. The molecule has 9 aromatic heterocycles. The fourth-order valence-corrected chi connectivity index (χ4v) is 19.1. The molecule has 6 aliphatic heterocycles. The highest BCUT2D eigenvalue weighted by atomic mass is 32.2. The molecule has 15 heterocycles. The average Bonchev–Trinajstić information content (AvgIpc) is 1.66. The summed E-state index contributed by atoms with van der Waals surface area (Å²) < 4.78 is 69.4. The molecule has 17 rings (SSSR count). The number of aryl methyl sites for hydroxylation is 1. The number of fused-ring (bicyclic) bond motifs is 5. The first-order valence-corrected chi connectivity index (χ1v) is 41.3. The van der Waals surface area contributed by atoms with E-state index in [2.05, 4.69) is 78.8 Å². The number of nitrogen functional groups attached to an aromatic ring is 1. The van der Waals surface area contributed by atoms with Gasteiger partial charge < -0.3 is 44.7 Å². The molecule has 6 saturated heterocycles. The van der Waals surface area contributed by atoms with Gasteiger partial charge >= 0.3 is 0 Å². The smallest absolute Gasteiger partial charge is 0.251 e. The number of nitrogens with one attached hydrogen (secondary N) is 2. The van der Waals surface area contributed by atoms with Gasteiger partial charge in [-0.1, -0.05) is 39.1 Å². The number of ether oxygens (including phenoxy) is 3. The number of aromatic amines is 2. The minimum absolute atomic E-state index is 0. The van der Waals surface area contributed by atoms with E-state index in [1.54, 1.807) is 59.9 Å². The lowest BCUT2D eigenvalue weighted by molar-refractivity contribution is -0.141. The van der Waals surface area contributed by atoms with E-state index in [-0.39, 0.29) is 26.7 Å². The van der Waals surface area contributed by atoms with Crippen LogP contribution in [0.15, 0.2) is 73.3 Å². The molecule has 5 N–H and O–H groups in total. The Hall–Kier alpha value is -8.21. The van der Waals surface area contributed by atoms with E-state index in [1.165, 1.54) is 34.1 Å². The second-order valence-corrected chi connectivity index (χ2v) is 34.2. The number of anilines is 4. The lowest BCUT2D eigenvalue weighted by Crippen LogP contribution is -2.50. The third-order valence-corrected chi connectivity index (χ3v) is 25.7. The van der Waals surface area contributed by atoms with Crippen LogP contribution in [0, 0.1) is 6.92 Å². The zero-order valence-corrected chi connectivity index (χ0v) is 63.0. The quantitative estimate of drug-likeness (QED) is 0.0854. The van der Waals surface area contributed by atoms with Crippen molar-refractivity contribution in [2.75, 3.05) is 190 Å². The number of hydrogen-bond acceptors (Lipinski definition) is 29. The van der Waals surface area contributed by atoms with E-state index in [4.69, 9.17) is 49.8 Å². The number of H-pyrrole nitrogens is 2. The van der Waals surface area contributed by atoms with Gasteiger partial charge in [-0.05, 0) is 43.7 Å². The lowest BCUT2D eigenvalue weighted by Gasteiger charge is -2.35. The van der Waals surface area contributed by atoms with Crippen molar-refractivity contribution in [3.63, 3.8) is 0 Å². The Morgan fingerprint density at radius 2 is 1.01 bits per heavy atom. The number of piperazine rings is 3. The van der Waals surface area contributed by atoms with Gasteiger partial charge in [0, 0.05) is 186 Å². The normalized spacial score (nSPS) is 18.1. The number of amides is 1. The molecule has 31 nitrogen and oxygen atoms in total. The molecular formula is C71H92N22O9S5. The van der Waals surface area contributed by atoms with Gasteiger partial charge in [-0.15, -0.1) is 34.0 Å². The number of rotatable bonds is 15. The van der Waals surface area contributed by atoms with E-state index < -0.39 is 26.2 Å². The SMILES string of the molecule is C.C.CS(=O)(=O)N1CCN(Cc2cc3c(N4CCOCC4)nc(-c4cccc5[nH]ncc45)nc3s2)CC1.CS(=O)(=O)N1CCN(Cc2cc3nc(-c4cccc5[nH]ncc45)nc(N4CCOCC4)c3s2)CC1.Cc1c(CN2CCN(C(=O)[C@H](C)O)CC2)sc2c(N3CCOCC3)nc(-c3cnc(N)nc3)nc12. The van der Waals surface area contributed by atoms with Crippen molar-refractivity contribution < 1.29 is 40.9 Å². The Bertz CT molecular complexity index is 4930. The lowest BCUT2D eigenvalue weighted by atomic mass is 10.1. The minimum atomic E-state index is -3.13. The van der Waals surface area contributed by atoms with Gasteiger partial charge in [0.15, 0.2) is 29.1 Å². The third kappa shape index (κ3) is 17.3. The number of hydrogen-bond donors (Lipinski definition) is 4. The van der Waals surface area contributed by atoms with Crippen LogP contribution in [-0.2, 0) is 58.7 Å². The average molecular weight is 1560 g/mol. The number of benzene rings is 2. The largest absolute Gasteiger partial charge is 0.384 e. The first kappa shape index (κ1) is 77.0. The predicted octanol–water partition coefficient (Wildman–Crippen LogP) is 6.47. The van der Waals surface area contributed by atoms with Crippen molar-refractivity contribution in [2.24, 2.45) is 0 Å².